The second-order valence-corrected chi connectivity index (χ2v) is 6.89. The molecule has 2 atom stereocenters. The standard InChI is InChI=1S/C22H38O4/c1-6-9-15-20(18(4)5)21(16-25-19-13-11-10-12-14-19)26-17-22(23-7-2)24-8-3/h10-14,18,20-22H,6-9,15-17H2,1-5H3/t20-,21+/m0/s1. The Hall–Kier alpha value is -1.10. The average Bonchev–Trinajstić information content (AvgIpc) is 2.64. The Kier molecular flexibility index (Phi) is 12.4. The van der Waals surface area contributed by atoms with Crippen molar-refractivity contribution < 1.29 is 18.9 Å². The summed E-state index contributed by atoms with van der Waals surface area (Å²) in [6.07, 6.45) is 3.24. The molecule has 0 spiro atoms. The lowest BCUT2D eigenvalue weighted by Crippen LogP contribution is -2.37. The lowest BCUT2D eigenvalue weighted by molar-refractivity contribution is -0.185. The first-order valence-corrected chi connectivity index (χ1v) is 10.1. The number of benzene rings is 1. The Labute approximate surface area is 160 Å². The van der Waals surface area contributed by atoms with Crippen molar-refractivity contribution >= 4 is 0 Å². The van der Waals surface area contributed by atoms with E-state index in [9.17, 15) is 0 Å². The van der Waals surface area contributed by atoms with Gasteiger partial charge >= 0.3 is 0 Å². The molecule has 26 heavy (non-hydrogen) atoms. The van der Waals surface area contributed by atoms with E-state index in [4.69, 9.17) is 18.9 Å². The van der Waals surface area contributed by atoms with Crippen molar-refractivity contribution in [1.82, 2.24) is 0 Å². The summed E-state index contributed by atoms with van der Waals surface area (Å²) >= 11 is 0. The third-order valence-electron chi connectivity index (χ3n) is 4.53. The zero-order valence-corrected chi connectivity index (χ0v) is 17.3. The van der Waals surface area contributed by atoms with Gasteiger partial charge in [-0.05, 0) is 44.2 Å². The maximum atomic E-state index is 6.28. The van der Waals surface area contributed by atoms with Crippen LogP contribution < -0.4 is 4.74 Å². The Morgan fingerprint density at radius 2 is 1.50 bits per heavy atom. The van der Waals surface area contributed by atoms with Crippen molar-refractivity contribution in [3.63, 3.8) is 0 Å². The van der Waals surface area contributed by atoms with Crippen molar-refractivity contribution in [2.75, 3.05) is 26.4 Å². The minimum Gasteiger partial charge on any atom is -0.491 e. The van der Waals surface area contributed by atoms with E-state index in [1.54, 1.807) is 0 Å². The molecule has 0 N–H and O–H groups in total. The monoisotopic (exact) mass is 366 g/mol. The smallest absolute Gasteiger partial charge is 0.180 e. The van der Waals surface area contributed by atoms with Crippen molar-refractivity contribution in [1.29, 1.82) is 0 Å². The van der Waals surface area contributed by atoms with Gasteiger partial charge in [0.05, 0.1) is 12.7 Å². The normalized spacial score (nSPS) is 14.0. The number of rotatable bonds is 15. The van der Waals surface area contributed by atoms with Crippen molar-refractivity contribution in [3.05, 3.63) is 30.3 Å². The van der Waals surface area contributed by atoms with Crippen LogP contribution in [0.15, 0.2) is 30.3 Å². The van der Waals surface area contributed by atoms with Crippen molar-refractivity contribution in [2.24, 2.45) is 11.8 Å². The fourth-order valence-electron chi connectivity index (χ4n) is 3.10. The number of unbranched alkanes of at least 4 members (excludes halogenated alkanes) is 1. The van der Waals surface area contributed by atoms with Gasteiger partial charge in [-0.3, -0.25) is 0 Å². The van der Waals surface area contributed by atoms with Crippen LogP contribution in [-0.4, -0.2) is 38.8 Å². The van der Waals surface area contributed by atoms with Crippen LogP contribution in [0.25, 0.3) is 0 Å². The molecule has 0 aliphatic heterocycles. The second-order valence-electron chi connectivity index (χ2n) is 6.89. The molecule has 0 radical (unpaired) electrons. The third-order valence-corrected chi connectivity index (χ3v) is 4.53. The molecule has 0 heterocycles. The second kappa shape index (κ2) is 14.0. The molecule has 1 rings (SSSR count). The molecular weight excluding hydrogens is 328 g/mol. The fourth-order valence-corrected chi connectivity index (χ4v) is 3.10. The molecule has 0 aliphatic carbocycles. The zero-order valence-electron chi connectivity index (χ0n) is 17.3. The predicted octanol–water partition coefficient (Wildman–Crippen LogP) is 5.31. The van der Waals surface area contributed by atoms with Crippen molar-refractivity contribution in [3.8, 4) is 5.75 Å². The number of para-hydroxylation sites is 1. The summed E-state index contributed by atoms with van der Waals surface area (Å²) in [5.41, 5.74) is 0. The summed E-state index contributed by atoms with van der Waals surface area (Å²) in [5.74, 6) is 1.86. The summed E-state index contributed by atoms with van der Waals surface area (Å²) in [6, 6.07) is 9.94. The highest BCUT2D eigenvalue weighted by atomic mass is 16.7. The highest BCUT2D eigenvalue weighted by Gasteiger charge is 2.27. The van der Waals surface area contributed by atoms with Crippen LogP contribution in [-0.2, 0) is 14.2 Å². The SMILES string of the molecule is CCCC[C@@H](C(C)C)[C@@H](COc1ccccc1)OCC(OCC)OCC. The first kappa shape index (κ1) is 22.9. The molecular formula is C22H38O4. The molecule has 0 bridgehead atoms. The van der Waals surface area contributed by atoms with Gasteiger partial charge in [-0.1, -0.05) is 51.8 Å². The van der Waals surface area contributed by atoms with Crippen LogP contribution in [0.5, 0.6) is 5.75 Å². The highest BCUT2D eigenvalue weighted by molar-refractivity contribution is 5.20. The molecule has 1 aromatic rings. The van der Waals surface area contributed by atoms with Crippen LogP contribution in [0.1, 0.15) is 53.9 Å². The van der Waals surface area contributed by atoms with Gasteiger partial charge in [0.15, 0.2) is 6.29 Å². The van der Waals surface area contributed by atoms with Gasteiger partial charge in [0.2, 0.25) is 0 Å². The van der Waals surface area contributed by atoms with Crippen LogP contribution in [0, 0.1) is 11.8 Å². The number of hydrogen-bond donors (Lipinski definition) is 0. The topological polar surface area (TPSA) is 36.9 Å². The molecule has 0 aromatic heterocycles. The van der Waals surface area contributed by atoms with E-state index in [1.807, 2.05) is 44.2 Å². The van der Waals surface area contributed by atoms with Gasteiger partial charge in [-0.2, -0.15) is 0 Å². The van der Waals surface area contributed by atoms with E-state index in [-0.39, 0.29) is 12.4 Å². The Morgan fingerprint density at radius 1 is 0.846 bits per heavy atom. The Bertz CT molecular complexity index is 429. The third kappa shape index (κ3) is 9.02. The lowest BCUT2D eigenvalue weighted by atomic mass is 9.86. The number of hydrogen-bond acceptors (Lipinski definition) is 4. The molecule has 0 amide bonds. The molecule has 0 saturated carbocycles. The van der Waals surface area contributed by atoms with Gasteiger partial charge in [-0.25, -0.2) is 0 Å². The fraction of sp³-hybridized carbons (Fsp3) is 0.727. The van der Waals surface area contributed by atoms with Gasteiger partial charge in [0, 0.05) is 13.2 Å². The van der Waals surface area contributed by atoms with Gasteiger partial charge < -0.3 is 18.9 Å². The number of ether oxygens (including phenoxy) is 4. The quantitative estimate of drug-likeness (QED) is 0.394. The summed E-state index contributed by atoms with van der Waals surface area (Å²) in [5, 5.41) is 0. The van der Waals surface area contributed by atoms with Gasteiger partial charge in [0.25, 0.3) is 0 Å². The maximum absolute atomic E-state index is 6.28. The summed E-state index contributed by atoms with van der Waals surface area (Å²) < 4.78 is 23.6. The largest absolute Gasteiger partial charge is 0.491 e. The molecule has 4 nitrogen and oxygen atoms in total. The van der Waals surface area contributed by atoms with Crippen LogP contribution in [0.4, 0.5) is 0 Å². The van der Waals surface area contributed by atoms with E-state index >= 15 is 0 Å². The van der Waals surface area contributed by atoms with E-state index in [1.165, 1.54) is 12.8 Å². The van der Waals surface area contributed by atoms with Gasteiger partial charge in [0.1, 0.15) is 12.4 Å². The van der Waals surface area contributed by atoms with Crippen LogP contribution in [0.3, 0.4) is 0 Å². The van der Waals surface area contributed by atoms with E-state index in [0.29, 0.717) is 38.3 Å². The zero-order chi connectivity index (χ0) is 19.2. The maximum Gasteiger partial charge on any atom is 0.180 e. The predicted molar refractivity (Wildman–Crippen MR) is 107 cm³/mol. The highest BCUT2D eigenvalue weighted by Crippen LogP contribution is 2.25. The van der Waals surface area contributed by atoms with Crippen LogP contribution in [0.2, 0.25) is 0 Å². The minimum atomic E-state index is -0.316. The lowest BCUT2D eigenvalue weighted by Gasteiger charge is -2.31. The summed E-state index contributed by atoms with van der Waals surface area (Å²) in [4.78, 5) is 0. The molecule has 0 aliphatic rings. The minimum absolute atomic E-state index is 0.0187. The van der Waals surface area contributed by atoms with Crippen LogP contribution >= 0.6 is 0 Å². The Balaban J connectivity index is 2.74. The Morgan fingerprint density at radius 3 is 2.04 bits per heavy atom. The van der Waals surface area contributed by atoms with Gasteiger partial charge in [-0.15, -0.1) is 0 Å². The van der Waals surface area contributed by atoms with E-state index in [0.717, 1.165) is 12.2 Å². The molecule has 0 saturated heterocycles. The average molecular weight is 367 g/mol. The first-order chi connectivity index (χ1) is 12.6. The van der Waals surface area contributed by atoms with E-state index in [2.05, 4.69) is 20.8 Å². The first-order valence-electron chi connectivity index (χ1n) is 10.1. The van der Waals surface area contributed by atoms with Crippen molar-refractivity contribution in [2.45, 2.75) is 66.3 Å². The van der Waals surface area contributed by atoms with E-state index < -0.39 is 0 Å². The summed E-state index contributed by atoms with van der Waals surface area (Å²) in [7, 11) is 0. The molecule has 4 heteroatoms. The molecule has 0 unspecified atom stereocenters. The summed E-state index contributed by atoms with van der Waals surface area (Å²) in [6.45, 7) is 12.9. The molecule has 0 fully saturated rings. The molecule has 150 valence electrons. The molecule has 1 aromatic carbocycles.